The van der Waals surface area contributed by atoms with E-state index >= 15 is 0 Å². The zero-order valence-corrected chi connectivity index (χ0v) is 13.5. The molecule has 1 aromatic heterocycles. The molecular formula is C15H27N3OS. The van der Waals surface area contributed by atoms with E-state index in [2.05, 4.69) is 24.0 Å². The van der Waals surface area contributed by atoms with Crippen LogP contribution in [0.25, 0.3) is 0 Å². The number of nitrogens with two attached hydrogens (primary N) is 1. The fourth-order valence-electron chi connectivity index (χ4n) is 2.88. The van der Waals surface area contributed by atoms with Gasteiger partial charge in [-0.1, -0.05) is 38.3 Å². The minimum Gasteiger partial charge on any atom is -0.339 e. The Hall–Kier alpha value is -0.550. The first-order valence-corrected chi connectivity index (χ1v) is 8.93. The molecule has 1 fully saturated rings. The fraction of sp³-hybridized carbons (Fsp3) is 0.867. The van der Waals surface area contributed by atoms with Crippen molar-refractivity contribution in [1.82, 2.24) is 10.1 Å². The van der Waals surface area contributed by atoms with Crippen molar-refractivity contribution in [1.29, 1.82) is 0 Å². The lowest BCUT2D eigenvalue weighted by molar-refractivity contribution is 0.266. The molecule has 0 bridgehead atoms. The second-order valence-corrected chi connectivity index (χ2v) is 7.07. The molecule has 1 saturated carbocycles. The van der Waals surface area contributed by atoms with Gasteiger partial charge >= 0.3 is 0 Å². The first kappa shape index (κ1) is 15.8. The third kappa shape index (κ3) is 3.55. The van der Waals surface area contributed by atoms with Gasteiger partial charge in [0.25, 0.3) is 0 Å². The van der Waals surface area contributed by atoms with Gasteiger partial charge in [0.1, 0.15) is 0 Å². The second-order valence-electron chi connectivity index (χ2n) is 5.78. The molecule has 0 atom stereocenters. The molecule has 0 radical (unpaired) electrons. The Bertz CT molecular complexity index is 389. The molecule has 2 rings (SSSR count). The van der Waals surface area contributed by atoms with Gasteiger partial charge in [0.2, 0.25) is 5.89 Å². The van der Waals surface area contributed by atoms with Crippen molar-refractivity contribution < 1.29 is 4.52 Å². The lowest BCUT2D eigenvalue weighted by atomic mass is 9.82. The summed E-state index contributed by atoms with van der Waals surface area (Å²) in [7, 11) is 0. The van der Waals surface area contributed by atoms with E-state index < -0.39 is 0 Å². The van der Waals surface area contributed by atoms with E-state index in [9.17, 15) is 0 Å². The molecule has 0 spiro atoms. The topological polar surface area (TPSA) is 64.9 Å². The summed E-state index contributed by atoms with van der Waals surface area (Å²) in [6.07, 6.45) is 8.70. The second kappa shape index (κ2) is 7.46. The lowest BCUT2D eigenvalue weighted by Gasteiger charge is -2.24. The van der Waals surface area contributed by atoms with E-state index in [0.717, 1.165) is 35.6 Å². The SMILES string of the molecule is CCC(CC)(CN)c1nc(CSC2CCCCC2)no1. The van der Waals surface area contributed by atoms with Crippen LogP contribution in [0.15, 0.2) is 4.52 Å². The molecule has 0 unspecified atom stereocenters. The molecule has 0 aliphatic heterocycles. The van der Waals surface area contributed by atoms with Gasteiger partial charge in [-0.3, -0.25) is 0 Å². The van der Waals surface area contributed by atoms with Gasteiger partial charge in [-0.15, -0.1) is 0 Å². The highest BCUT2D eigenvalue weighted by Gasteiger charge is 2.33. The summed E-state index contributed by atoms with van der Waals surface area (Å²) in [4.78, 5) is 4.60. The van der Waals surface area contributed by atoms with E-state index in [1.165, 1.54) is 32.1 Å². The Balaban J connectivity index is 1.94. The lowest BCUT2D eigenvalue weighted by Crippen LogP contribution is -2.34. The number of hydrogen-bond acceptors (Lipinski definition) is 5. The third-order valence-electron chi connectivity index (χ3n) is 4.67. The molecule has 0 saturated heterocycles. The normalized spacial score (nSPS) is 17.6. The monoisotopic (exact) mass is 297 g/mol. The summed E-state index contributed by atoms with van der Waals surface area (Å²) < 4.78 is 5.49. The van der Waals surface area contributed by atoms with Crippen molar-refractivity contribution in [2.24, 2.45) is 5.73 Å². The molecule has 1 heterocycles. The van der Waals surface area contributed by atoms with Gasteiger partial charge in [-0.2, -0.15) is 16.7 Å². The summed E-state index contributed by atoms with van der Waals surface area (Å²) in [6.45, 7) is 4.84. The predicted octanol–water partition coefficient (Wildman–Crippen LogP) is 3.65. The van der Waals surface area contributed by atoms with Crippen molar-refractivity contribution in [3.8, 4) is 0 Å². The van der Waals surface area contributed by atoms with Gasteiger partial charge < -0.3 is 10.3 Å². The van der Waals surface area contributed by atoms with E-state index in [1.807, 2.05) is 11.8 Å². The fourth-order valence-corrected chi connectivity index (χ4v) is 4.05. The maximum absolute atomic E-state index is 5.93. The van der Waals surface area contributed by atoms with Gasteiger partial charge in [0.05, 0.1) is 11.2 Å². The van der Waals surface area contributed by atoms with Crippen LogP contribution < -0.4 is 5.73 Å². The van der Waals surface area contributed by atoms with Crippen LogP contribution in [0.2, 0.25) is 0 Å². The summed E-state index contributed by atoms with van der Waals surface area (Å²) in [5.74, 6) is 2.42. The average Bonchev–Trinajstić information content (AvgIpc) is 2.98. The van der Waals surface area contributed by atoms with Crippen molar-refractivity contribution in [3.63, 3.8) is 0 Å². The molecule has 114 valence electrons. The highest BCUT2D eigenvalue weighted by molar-refractivity contribution is 7.99. The number of hydrogen-bond donors (Lipinski definition) is 1. The summed E-state index contributed by atoms with van der Waals surface area (Å²) >= 11 is 1.98. The molecule has 1 aliphatic rings. The van der Waals surface area contributed by atoms with Crippen LogP contribution in [-0.4, -0.2) is 21.9 Å². The molecule has 2 N–H and O–H groups in total. The van der Waals surface area contributed by atoms with E-state index in [-0.39, 0.29) is 5.41 Å². The average molecular weight is 297 g/mol. The first-order chi connectivity index (χ1) is 9.74. The minimum atomic E-state index is -0.138. The van der Waals surface area contributed by atoms with Crippen molar-refractivity contribution in [2.75, 3.05) is 6.54 Å². The number of aromatic nitrogens is 2. The molecule has 5 heteroatoms. The zero-order chi connectivity index (χ0) is 14.4. The van der Waals surface area contributed by atoms with Crippen molar-refractivity contribution >= 4 is 11.8 Å². The molecule has 1 aromatic rings. The van der Waals surface area contributed by atoms with Gasteiger partial charge in [-0.25, -0.2) is 0 Å². The van der Waals surface area contributed by atoms with Gasteiger partial charge in [0, 0.05) is 11.8 Å². The highest BCUT2D eigenvalue weighted by atomic mass is 32.2. The summed E-state index contributed by atoms with van der Waals surface area (Å²) in [5, 5.41) is 4.93. The largest absolute Gasteiger partial charge is 0.339 e. The van der Waals surface area contributed by atoms with E-state index in [1.54, 1.807) is 0 Å². The van der Waals surface area contributed by atoms with E-state index in [4.69, 9.17) is 10.3 Å². The van der Waals surface area contributed by atoms with Crippen LogP contribution in [0.5, 0.6) is 0 Å². The van der Waals surface area contributed by atoms with Crippen LogP contribution in [0.1, 0.15) is 70.5 Å². The van der Waals surface area contributed by atoms with Crippen molar-refractivity contribution in [2.45, 2.75) is 75.2 Å². The molecule has 4 nitrogen and oxygen atoms in total. The predicted molar refractivity (Wildman–Crippen MR) is 83.8 cm³/mol. The molecular weight excluding hydrogens is 270 g/mol. The molecule has 0 amide bonds. The van der Waals surface area contributed by atoms with Gasteiger partial charge in [0.15, 0.2) is 5.82 Å². The maximum atomic E-state index is 5.93. The maximum Gasteiger partial charge on any atom is 0.234 e. The molecule has 1 aliphatic carbocycles. The molecule has 0 aromatic carbocycles. The quantitative estimate of drug-likeness (QED) is 0.832. The Morgan fingerprint density at radius 3 is 2.55 bits per heavy atom. The Morgan fingerprint density at radius 1 is 1.25 bits per heavy atom. The van der Waals surface area contributed by atoms with Crippen LogP contribution >= 0.6 is 11.8 Å². The van der Waals surface area contributed by atoms with Crippen LogP contribution in [-0.2, 0) is 11.2 Å². The number of nitrogens with zero attached hydrogens (tertiary/aromatic N) is 2. The standard InChI is InChI=1S/C15H27N3OS/c1-3-15(4-2,11-16)14-17-13(18-19-14)10-20-12-8-6-5-7-9-12/h12H,3-11,16H2,1-2H3. The Labute approximate surface area is 126 Å². The smallest absolute Gasteiger partial charge is 0.234 e. The number of rotatable bonds is 7. The Kier molecular flexibility index (Phi) is 5.90. The van der Waals surface area contributed by atoms with Crippen LogP contribution in [0.3, 0.4) is 0 Å². The first-order valence-electron chi connectivity index (χ1n) is 7.89. The van der Waals surface area contributed by atoms with Crippen LogP contribution in [0.4, 0.5) is 0 Å². The van der Waals surface area contributed by atoms with Gasteiger partial charge in [-0.05, 0) is 25.7 Å². The van der Waals surface area contributed by atoms with Crippen LogP contribution in [0, 0.1) is 0 Å². The Morgan fingerprint density at radius 2 is 1.95 bits per heavy atom. The van der Waals surface area contributed by atoms with Crippen molar-refractivity contribution in [3.05, 3.63) is 11.7 Å². The molecule has 20 heavy (non-hydrogen) atoms. The van der Waals surface area contributed by atoms with E-state index in [0.29, 0.717) is 6.54 Å². The minimum absolute atomic E-state index is 0.138. The zero-order valence-electron chi connectivity index (χ0n) is 12.7. The third-order valence-corrected chi connectivity index (χ3v) is 6.03. The summed E-state index contributed by atoms with van der Waals surface area (Å²) in [6, 6.07) is 0. The summed E-state index contributed by atoms with van der Waals surface area (Å²) in [5.41, 5.74) is 5.79. The highest BCUT2D eigenvalue weighted by Crippen LogP contribution is 2.32. The number of thioether (sulfide) groups is 1.